The molecule has 2 heteroatoms. The molecule has 0 saturated heterocycles. The van der Waals surface area contributed by atoms with Gasteiger partial charge in [0.1, 0.15) is 5.78 Å². The predicted octanol–water partition coefficient (Wildman–Crippen LogP) is 2.09. The molecule has 0 spiro atoms. The van der Waals surface area contributed by atoms with Gasteiger partial charge in [-0.25, -0.2) is 0 Å². The first-order valence-corrected chi connectivity index (χ1v) is 4.84. The molecule has 0 N–H and O–H groups in total. The van der Waals surface area contributed by atoms with Crippen molar-refractivity contribution >= 4 is 5.78 Å². The van der Waals surface area contributed by atoms with Crippen LogP contribution in [0, 0.1) is 0 Å². The molecule has 0 heterocycles. The Morgan fingerprint density at radius 2 is 1.92 bits per heavy atom. The fraction of sp³-hybridized carbons (Fsp3) is 0.900. The van der Waals surface area contributed by atoms with Crippen molar-refractivity contribution in [3.8, 4) is 0 Å². The van der Waals surface area contributed by atoms with Crippen LogP contribution in [0.2, 0.25) is 0 Å². The number of hydrogen-bond acceptors (Lipinski definition) is 2. The summed E-state index contributed by atoms with van der Waals surface area (Å²) in [7, 11) is 2.13. The molecule has 0 atom stereocenters. The Bertz CT molecular complexity index is 123. The normalized spacial score (nSPS) is 10.7. The maximum atomic E-state index is 10.6. The smallest absolute Gasteiger partial charge is 0.129 e. The number of ketones is 1. The van der Waals surface area contributed by atoms with E-state index < -0.39 is 0 Å². The Morgan fingerprint density at radius 3 is 2.42 bits per heavy atom. The van der Waals surface area contributed by atoms with Crippen LogP contribution in [0.4, 0.5) is 0 Å². The van der Waals surface area contributed by atoms with Gasteiger partial charge >= 0.3 is 0 Å². The number of carbonyl (C=O) groups excluding carboxylic acids is 1. The van der Waals surface area contributed by atoms with Gasteiger partial charge in [0.15, 0.2) is 0 Å². The van der Waals surface area contributed by atoms with Gasteiger partial charge in [0.2, 0.25) is 0 Å². The summed E-state index contributed by atoms with van der Waals surface area (Å²) in [4.78, 5) is 12.9. The minimum atomic E-state index is 0.318. The van der Waals surface area contributed by atoms with Crippen molar-refractivity contribution in [1.82, 2.24) is 4.90 Å². The van der Waals surface area contributed by atoms with E-state index in [2.05, 4.69) is 18.9 Å². The molecule has 2 nitrogen and oxygen atoms in total. The van der Waals surface area contributed by atoms with Gasteiger partial charge in [-0.2, -0.15) is 0 Å². The first kappa shape index (κ1) is 11.6. The summed E-state index contributed by atoms with van der Waals surface area (Å²) in [5, 5.41) is 0. The van der Waals surface area contributed by atoms with E-state index in [0.717, 1.165) is 25.9 Å². The summed E-state index contributed by atoms with van der Waals surface area (Å²) in [6.07, 6.45) is 4.23. The highest BCUT2D eigenvalue weighted by Crippen LogP contribution is 2.01. The molecule has 0 aliphatic heterocycles. The van der Waals surface area contributed by atoms with Gasteiger partial charge in [-0.1, -0.05) is 13.3 Å². The summed E-state index contributed by atoms with van der Waals surface area (Å²) in [5.74, 6) is 0.318. The van der Waals surface area contributed by atoms with Crippen LogP contribution >= 0.6 is 0 Å². The van der Waals surface area contributed by atoms with Crippen LogP contribution in [0.15, 0.2) is 0 Å². The van der Waals surface area contributed by atoms with E-state index in [0.29, 0.717) is 5.78 Å². The van der Waals surface area contributed by atoms with Gasteiger partial charge in [0.25, 0.3) is 0 Å². The second-order valence-electron chi connectivity index (χ2n) is 3.41. The number of rotatable bonds is 7. The van der Waals surface area contributed by atoms with Crippen molar-refractivity contribution in [3.63, 3.8) is 0 Å². The van der Waals surface area contributed by atoms with E-state index >= 15 is 0 Å². The zero-order chi connectivity index (χ0) is 9.40. The van der Waals surface area contributed by atoms with Gasteiger partial charge in [-0.05, 0) is 39.9 Å². The molecule has 0 aromatic heterocycles. The van der Waals surface area contributed by atoms with Crippen molar-refractivity contribution in [2.45, 2.75) is 39.5 Å². The second-order valence-corrected chi connectivity index (χ2v) is 3.41. The quantitative estimate of drug-likeness (QED) is 0.547. The number of Topliss-reactive ketones (excluding diaryl/α,β-unsaturated/α-hetero) is 1. The van der Waals surface area contributed by atoms with Gasteiger partial charge < -0.3 is 9.69 Å². The van der Waals surface area contributed by atoms with Gasteiger partial charge in [0.05, 0.1) is 0 Å². The van der Waals surface area contributed by atoms with Crippen LogP contribution in [0.25, 0.3) is 0 Å². The third kappa shape index (κ3) is 7.73. The summed E-state index contributed by atoms with van der Waals surface area (Å²) < 4.78 is 0. The molecule has 0 aliphatic rings. The molecule has 0 radical (unpaired) electrons. The number of unbranched alkanes of at least 4 members (excludes halogenated alkanes) is 2. The topological polar surface area (TPSA) is 20.3 Å². The van der Waals surface area contributed by atoms with Crippen LogP contribution < -0.4 is 0 Å². The monoisotopic (exact) mass is 171 g/mol. The van der Waals surface area contributed by atoms with E-state index in [1.165, 1.54) is 12.8 Å². The first-order valence-electron chi connectivity index (χ1n) is 4.84. The van der Waals surface area contributed by atoms with Crippen molar-refractivity contribution in [2.24, 2.45) is 0 Å². The predicted molar refractivity (Wildman–Crippen MR) is 52.3 cm³/mol. The minimum Gasteiger partial charge on any atom is -0.307 e. The van der Waals surface area contributed by atoms with E-state index in [4.69, 9.17) is 0 Å². The average Bonchev–Trinajstić information content (AvgIpc) is 2.03. The molecule has 12 heavy (non-hydrogen) atoms. The highest BCUT2D eigenvalue weighted by molar-refractivity contribution is 5.75. The first-order chi connectivity index (χ1) is 5.66. The zero-order valence-electron chi connectivity index (χ0n) is 8.60. The summed E-state index contributed by atoms with van der Waals surface area (Å²) in [6, 6.07) is 0. The molecule has 0 fully saturated rings. The van der Waals surface area contributed by atoms with E-state index in [1.807, 2.05) is 0 Å². The highest BCUT2D eigenvalue weighted by Gasteiger charge is 1.95. The Balaban J connectivity index is 3.05. The number of hydrogen-bond donors (Lipinski definition) is 0. The fourth-order valence-corrected chi connectivity index (χ4v) is 1.09. The Kier molecular flexibility index (Phi) is 7.06. The molecule has 0 saturated carbocycles. The lowest BCUT2D eigenvalue weighted by molar-refractivity contribution is -0.117. The van der Waals surface area contributed by atoms with Crippen molar-refractivity contribution in [2.75, 3.05) is 20.1 Å². The molecule has 0 aliphatic carbocycles. The third-order valence-electron chi connectivity index (χ3n) is 2.11. The molecular weight excluding hydrogens is 150 g/mol. The van der Waals surface area contributed by atoms with Crippen molar-refractivity contribution in [3.05, 3.63) is 0 Å². The van der Waals surface area contributed by atoms with Crippen LogP contribution in [-0.2, 0) is 4.79 Å². The molecule has 0 aromatic carbocycles. The fourth-order valence-electron chi connectivity index (χ4n) is 1.09. The van der Waals surface area contributed by atoms with Crippen molar-refractivity contribution < 1.29 is 4.79 Å². The van der Waals surface area contributed by atoms with Gasteiger partial charge in [-0.15, -0.1) is 0 Å². The van der Waals surface area contributed by atoms with E-state index in [1.54, 1.807) is 6.92 Å². The lowest BCUT2D eigenvalue weighted by atomic mass is 10.1. The van der Waals surface area contributed by atoms with Gasteiger partial charge in [0, 0.05) is 6.42 Å². The molecule has 0 bridgehead atoms. The minimum absolute atomic E-state index is 0.318. The molecular formula is C10H21NO. The van der Waals surface area contributed by atoms with Crippen LogP contribution in [-0.4, -0.2) is 30.8 Å². The Morgan fingerprint density at radius 1 is 1.25 bits per heavy atom. The standard InChI is InChI=1S/C10H21NO/c1-4-11(3)9-7-5-6-8-10(2)12/h4-9H2,1-3H3. The SMILES string of the molecule is CCN(C)CCCCCC(C)=O. The maximum Gasteiger partial charge on any atom is 0.129 e. The number of nitrogens with zero attached hydrogens (tertiary/aromatic N) is 1. The lowest BCUT2D eigenvalue weighted by Gasteiger charge is -2.12. The van der Waals surface area contributed by atoms with E-state index in [9.17, 15) is 4.79 Å². The summed E-state index contributed by atoms with van der Waals surface area (Å²) >= 11 is 0. The maximum absolute atomic E-state index is 10.6. The summed E-state index contributed by atoms with van der Waals surface area (Å²) in [5.41, 5.74) is 0. The number of carbonyl (C=O) groups is 1. The molecule has 0 amide bonds. The van der Waals surface area contributed by atoms with Crippen LogP contribution in [0.1, 0.15) is 39.5 Å². The Labute approximate surface area is 75.9 Å². The third-order valence-corrected chi connectivity index (χ3v) is 2.11. The summed E-state index contributed by atoms with van der Waals surface area (Å²) in [6.45, 7) is 6.11. The van der Waals surface area contributed by atoms with Crippen molar-refractivity contribution in [1.29, 1.82) is 0 Å². The average molecular weight is 171 g/mol. The zero-order valence-corrected chi connectivity index (χ0v) is 8.60. The van der Waals surface area contributed by atoms with E-state index in [-0.39, 0.29) is 0 Å². The van der Waals surface area contributed by atoms with Gasteiger partial charge in [-0.3, -0.25) is 0 Å². The van der Waals surface area contributed by atoms with Crippen LogP contribution in [0.3, 0.4) is 0 Å². The molecule has 72 valence electrons. The van der Waals surface area contributed by atoms with Crippen LogP contribution in [0.5, 0.6) is 0 Å². The largest absolute Gasteiger partial charge is 0.307 e. The highest BCUT2D eigenvalue weighted by atomic mass is 16.1. The molecule has 0 unspecified atom stereocenters. The Hall–Kier alpha value is -0.370. The lowest BCUT2D eigenvalue weighted by Crippen LogP contribution is -2.18. The molecule has 0 rings (SSSR count). The second kappa shape index (κ2) is 7.29. The molecule has 0 aromatic rings.